The molecule has 1 aromatic heterocycles. The molecule has 148 valence electrons. The van der Waals surface area contributed by atoms with Gasteiger partial charge in [0.15, 0.2) is 0 Å². The Kier molecular flexibility index (Phi) is 4.92. The molecule has 6 heteroatoms. The minimum atomic E-state index is -0.180. The van der Waals surface area contributed by atoms with Crippen LogP contribution in [-0.2, 0) is 4.79 Å². The molecule has 0 radical (unpaired) electrons. The fraction of sp³-hybridized carbons (Fsp3) is 0.261. The number of aromatic amines is 1. The minimum absolute atomic E-state index is 0.0484. The lowest BCUT2D eigenvalue weighted by Crippen LogP contribution is -2.57. The molecule has 0 saturated carbocycles. The van der Waals surface area contributed by atoms with Crippen LogP contribution in [0.1, 0.15) is 28.4 Å². The first-order chi connectivity index (χ1) is 14.0. The maximum absolute atomic E-state index is 13.3. The summed E-state index contributed by atoms with van der Waals surface area (Å²) in [4.78, 5) is 29.6. The predicted molar refractivity (Wildman–Crippen MR) is 113 cm³/mol. The maximum Gasteiger partial charge on any atom is 0.258 e. The van der Waals surface area contributed by atoms with Crippen LogP contribution < -0.4 is 4.90 Å². The molecular formula is C23H24N4O2. The molecule has 4 rings (SSSR count). The van der Waals surface area contributed by atoms with E-state index in [0.717, 1.165) is 22.4 Å². The number of anilines is 1. The van der Waals surface area contributed by atoms with Gasteiger partial charge in [0.05, 0.1) is 17.5 Å². The van der Waals surface area contributed by atoms with E-state index in [1.54, 1.807) is 16.0 Å². The lowest BCUT2D eigenvalue weighted by molar-refractivity contribution is -0.121. The number of nitrogens with zero attached hydrogens (tertiary/aromatic N) is 3. The molecular weight excluding hydrogens is 364 g/mol. The van der Waals surface area contributed by atoms with E-state index in [0.29, 0.717) is 17.8 Å². The van der Waals surface area contributed by atoms with Gasteiger partial charge in [0.25, 0.3) is 5.91 Å². The van der Waals surface area contributed by atoms with Gasteiger partial charge in [0.1, 0.15) is 6.54 Å². The van der Waals surface area contributed by atoms with Gasteiger partial charge in [-0.05, 0) is 38.5 Å². The minimum Gasteiger partial charge on any atom is -0.325 e. The number of piperazine rings is 1. The average Bonchev–Trinajstić information content (AvgIpc) is 3.19. The van der Waals surface area contributed by atoms with Crippen LogP contribution in [0.15, 0.2) is 54.7 Å². The molecule has 0 spiro atoms. The lowest BCUT2D eigenvalue weighted by Gasteiger charge is -2.39. The van der Waals surface area contributed by atoms with Crippen LogP contribution in [0.4, 0.5) is 5.69 Å². The Morgan fingerprint density at radius 3 is 2.69 bits per heavy atom. The summed E-state index contributed by atoms with van der Waals surface area (Å²) in [6, 6.07) is 15.6. The van der Waals surface area contributed by atoms with Crippen molar-refractivity contribution in [3.63, 3.8) is 0 Å². The van der Waals surface area contributed by atoms with Crippen LogP contribution in [0.2, 0.25) is 0 Å². The fourth-order valence-corrected chi connectivity index (χ4v) is 3.85. The zero-order chi connectivity index (χ0) is 20.5. The third-order valence-electron chi connectivity index (χ3n) is 5.43. The van der Waals surface area contributed by atoms with Crippen molar-refractivity contribution in [1.29, 1.82) is 0 Å². The molecule has 29 heavy (non-hydrogen) atoms. The fourth-order valence-electron chi connectivity index (χ4n) is 3.85. The van der Waals surface area contributed by atoms with Crippen molar-refractivity contribution in [3.05, 3.63) is 71.4 Å². The Morgan fingerprint density at radius 2 is 1.93 bits per heavy atom. The first-order valence-electron chi connectivity index (χ1n) is 9.73. The number of amides is 2. The van der Waals surface area contributed by atoms with Gasteiger partial charge in [-0.15, -0.1) is 0 Å². The normalized spacial score (nSPS) is 16.9. The van der Waals surface area contributed by atoms with E-state index < -0.39 is 0 Å². The number of H-pyrrole nitrogens is 1. The van der Waals surface area contributed by atoms with Crippen molar-refractivity contribution < 1.29 is 9.59 Å². The molecule has 1 fully saturated rings. The Balaban J connectivity index is 1.60. The molecule has 6 nitrogen and oxygen atoms in total. The summed E-state index contributed by atoms with van der Waals surface area (Å²) >= 11 is 0. The van der Waals surface area contributed by atoms with Crippen LogP contribution in [0.5, 0.6) is 0 Å². The average molecular weight is 388 g/mol. The Bertz CT molecular complexity index is 1070. The van der Waals surface area contributed by atoms with Crippen molar-refractivity contribution in [2.45, 2.75) is 26.8 Å². The maximum atomic E-state index is 13.3. The van der Waals surface area contributed by atoms with Crippen LogP contribution >= 0.6 is 0 Å². The zero-order valence-corrected chi connectivity index (χ0v) is 16.8. The third kappa shape index (κ3) is 3.53. The largest absolute Gasteiger partial charge is 0.325 e. The number of hydrogen-bond donors (Lipinski definition) is 1. The van der Waals surface area contributed by atoms with E-state index in [2.05, 4.69) is 10.2 Å². The number of para-hydroxylation sites is 1. The quantitative estimate of drug-likeness (QED) is 0.746. The molecule has 0 aliphatic carbocycles. The number of nitrogens with one attached hydrogen (secondary N) is 1. The topological polar surface area (TPSA) is 69.3 Å². The second-order valence-electron chi connectivity index (χ2n) is 7.60. The molecule has 3 aromatic rings. The molecule has 1 atom stereocenters. The molecule has 1 unspecified atom stereocenters. The zero-order valence-electron chi connectivity index (χ0n) is 16.8. The number of rotatable bonds is 3. The molecule has 1 aliphatic heterocycles. The van der Waals surface area contributed by atoms with Crippen LogP contribution in [-0.4, -0.2) is 46.0 Å². The number of aromatic nitrogens is 2. The van der Waals surface area contributed by atoms with E-state index in [9.17, 15) is 9.59 Å². The van der Waals surface area contributed by atoms with Crippen molar-refractivity contribution in [2.75, 3.05) is 18.0 Å². The molecule has 1 saturated heterocycles. The van der Waals surface area contributed by atoms with E-state index >= 15 is 0 Å². The summed E-state index contributed by atoms with van der Waals surface area (Å²) in [5.41, 5.74) is 5.12. The van der Waals surface area contributed by atoms with Gasteiger partial charge in [-0.3, -0.25) is 14.7 Å². The summed E-state index contributed by atoms with van der Waals surface area (Å²) in [6.45, 7) is 6.49. The van der Waals surface area contributed by atoms with Crippen LogP contribution in [0.25, 0.3) is 11.3 Å². The highest BCUT2D eigenvalue weighted by molar-refractivity contribution is 6.04. The summed E-state index contributed by atoms with van der Waals surface area (Å²) in [5, 5.41) is 7.04. The van der Waals surface area contributed by atoms with Gasteiger partial charge >= 0.3 is 0 Å². The second kappa shape index (κ2) is 7.54. The highest BCUT2D eigenvalue weighted by Crippen LogP contribution is 2.27. The van der Waals surface area contributed by atoms with Gasteiger partial charge in [0, 0.05) is 23.8 Å². The van der Waals surface area contributed by atoms with E-state index in [1.807, 2.05) is 69.3 Å². The number of benzene rings is 2. The third-order valence-corrected chi connectivity index (χ3v) is 5.43. The number of hydrogen-bond acceptors (Lipinski definition) is 3. The van der Waals surface area contributed by atoms with Gasteiger partial charge in [-0.25, -0.2) is 0 Å². The summed E-state index contributed by atoms with van der Waals surface area (Å²) in [7, 11) is 0. The van der Waals surface area contributed by atoms with Gasteiger partial charge < -0.3 is 9.80 Å². The first-order valence-corrected chi connectivity index (χ1v) is 9.73. The number of aryl methyl sites for hydroxylation is 2. The van der Waals surface area contributed by atoms with Crippen molar-refractivity contribution >= 4 is 17.5 Å². The summed E-state index contributed by atoms with van der Waals surface area (Å²) in [5.74, 6) is -0.258. The molecule has 1 N–H and O–H groups in total. The Labute approximate surface area is 170 Å². The highest BCUT2D eigenvalue weighted by atomic mass is 16.2. The summed E-state index contributed by atoms with van der Waals surface area (Å²) < 4.78 is 0. The SMILES string of the molecule is Cc1cccc(-c2[nH]ncc2C(=O)N2CC(=O)N(c3ccccc3C)CC2C)c1. The van der Waals surface area contributed by atoms with Crippen LogP contribution in [0.3, 0.4) is 0 Å². The van der Waals surface area contributed by atoms with Gasteiger partial charge in [0.2, 0.25) is 5.91 Å². The van der Waals surface area contributed by atoms with Crippen molar-refractivity contribution in [3.8, 4) is 11.3 Å². The molecule has 1 aliphatic rings. The monoisotopic (exact) mass is 388 g/mol. The molecule has 2 aromatic carbocycles. The van der Waals surface area contributed by atoms with E-state index in [1.165, 1.54) is 0 Å². The van der Waals surface area contributed by atoms with Crippen molar-refractivity contribution in [2.24, 2.45) is 0 Å². The Hall–Kier alpha value is -3.41. The van der Waals surface area contributed by atoms with E-state index in [4.69, 9.17) is 0 Å². The van der Waals surface area contributed by atoms with Crippen molar-refractivity contribution in [1.82, 2.24) is 15.1 Å². The van der Waals surface area contributed by atoms with Crippen LogP contribution in [0, 0.1) is 13.8 Å². The van der Waals surface area contributed by atoms with Gasteiger partial charge in [-0.1, -0.05) is 42.0 Å². The Morgan fingerprint density at radius 1 is 1.14 bits per heavy atom. The smallest absolute Gasteiger partial charge is 0.258 e. The van der Waals surface area contributed by atoms with Gasteiger partial charge in [-0.2, -0.15) is 5.10 Å². The highest BCUT2D eigenvalue weighted by Gasteiger charge is 2.35. The van der Waals surface area contributed by atoms with E-state index in [-0.39, 0.29) is 24.4 Å². The predicted octanol–water partition coefficient (Wildman–Crippen LogP) is 3.57. The lowest BCUT2D eigenvalue weighted by atomic mass is 10.0. The first kappa shape index (κ1) is 18.9. The standard InChI is InChI=1S/C23H24N4O2/c1-15-7-6-9-18(11-15)22-19(12-24-25-22)23(29)26-14-21(28)27(13-17(26)3)20-10-5-4-8-16(20)2/h4-12,17H,13-14H2,1-3H3,(H,24,25). The number of carbonyl (C=O) groups is 2. The molecule has 2 amide bonds. The second-order valence-corrected chi connectivity index (χ2v) is 7.60. The molecule has 0 bridgehead atoms. The number of carbonyl (C=O) groups excluding carboxylic acids is 2. The molecule has 2 heterocycles. The summed E-state index contributed by atoms with van der Waals surface area (Å²) in [6.07, 6.45) is 1.55.